The van der Waals surface area contributed by atoms with Crippen molar-refractivity contribution in [3.63, 3.8) is 0 Å². The monoisotopic (exact) mass is 109 g/mol. The Morgan fingerprint density at radius 1 is 1.62 bits per heavy atom. The molecule has 0 atom stereocenters. The average Bonchev–Trinajstić information content (AvgIpc) is 2.15. The van der Waals surface area contributed by atoms with Gasteiger partial charge in [-0.15, -0.1) is 5.11 Å². The van der Waals surface area contributed by atoms with Gasteiger partial charge in [0.15, 0.2) is 5.70 Å². The molecule has 0 aliphatic carbocycles. The first kappa shape index (κ1) is 3.77. The number of fused-ring (bicyclic) bond motifs is 1. The molecule has 0 unspecified atom stereocenters. The van der Waals surface area contributed by atoms with E-state index < -0.39 is 0 Å². The summed E-state index contributed by atoms with van der Waals surface area (Å²) in [7, 11) is 0. The highest BCUT2D eigenvalue weighted by Crippen LogP contribution is 2.15. The maximum Gasteiger partial charge on any atom is 0.263 e. The molecule has 0 N–H and O–H groups in total. The lowest BCUT2D eigenvalue weighted by atomic mass is 10.5. The minimum atomic E-state index is 0.560. The van der Waals surface area contributed by atoms with Crippen LogP contribution in [0.25, 0.3) is 0 Å². The van der Waals surface area contributed by atoms with Crippen molar-refractivity contribution >= 4 is 5.90 Å². The molecule has 4 heteroatoms. The Labute approximate surface area is 45.6 Å². The van der Waals surface area contributed by atoms with E-state index in [2.05, 4.69) is 15.4 Å². The zero-order valence-corrected chi connectivity index (χ0v) is 4.03. The van der Waals surface area contributed by atoms with Crippen LogP contribution in [-0.4, -0.2) is 12.5 Å². The van der Waals surface area contributed by atoms with Gasteiger partial charge in [-0.05, 0) is 11.3 Å². The largest absolute Gasteiger partial charge is 0.471 e. The molecule has 0 radical (unpaired) electrons. The Morgan fingerprint density at radius 3 is 3.50 bits per heavy atom. The zero-order chi connectivity index (χ0) is 5.40. The van der Waals surface area contributed by atoms with Crippen molar-refractivity contribution in [1.82, 2.24) is 0 Å². The van der Waals surface area contributed by atoms with Crippen molar-refractivity contribution in [2.24, 2.45) is 15.4 Å². The van der Waals surface area contributed by atoms with Crippen LogP contribution in [0, 0.1) is 0 Å². The summed E-state index contributed by atoms with van der Waals surface area (Å²) in [6.45, 7) is 0.590. The van der Waals surface area contributed by atoms with Crippen LogP contribution >= 0.6 is 0 Å². The molecule has 0 aromatic heterocycles. The highest BCUT2D eigenvalue weighted by Gasteiger charge is 2.17. The first-order valence-corrected chi connectivity index (χ1v) is 2.29. The summed E-state index contributed by atoms with van der Waals surface area (Å²) in [5.74, 6) is 0.560. The summed E-state index contributed by atoms with van der Waals surface area (Å²) in [6, 6.07) is 0. The fraction of sp³-hybridized carbons (Fsp3) is 0.250. The molecule has 8 heavy (non-hydrogen) atoms. The van der Waals surface area contributed by atoms with Crippen molar-refractivity contribution in [2.75, 3.05) is 6.61 Å². The smallest absolute Gasteiger partial charge is 0.263 e. The van der Waals surface area contributed by atoms with Gasteiger partial charge in [0.25, 0.3) is 5.90 Å². The lowest BCUT2D eigenvalue weighted by Gasteiger charge is -1.87. The Hall–Kier alpha value is -1.19. The topological polar surface area (TPSA) is 46.3 Å². The van der Waals surface area contributed by atoms with Gasteiger partial charge < -0.3 is 4.74 Å². The molecule has 0 fully saturated rings. The summed E-state index contributed by atoms with van der Waals surface area (Å²) in [4.78, 5) is 0. The van der Waals surface area contributed by atoms with Crippen LogP contribution in [-0.2, 0) is 4.74 Å². The average molecular weight is 109 g/mol. The van der Waals surface area contributed by atoms with Crippen LogP contribution < -0.4 is 0 Å². The molecule has 2 rings (SSSR count). The highest BCUT2D eigenvalue weighted by molar-refractivity contribution is 5.95. The van der Waals surface area contributed by atoms with Crippen LogP contribution in [0.3, 0.4) is 0 Å². The van der Waals surface area contributed by atoms with Gasteiger partial charge in [0.1, 0.15) is 6.61 Å². The third-order valence-electron chi connectivity index (χ3n) is 1.00. The number of hydrogen-bond acceptors (Lipinski definition) is 4. The van der Waals surface area contributed by atoms with Gasteiger partial charge >= 0.3 is 0 Å². The maximum absolute atomic E-state index is 4.95. The van der Waals surface area contributed by atoms with E-state index >= 15 is 0 Å². The molecular weight excluding hydrogens is 106 g/mol. The molecule has 0 aromatic rings. The lowest BCUT2D eigenvalue weighted by Crippen LogP contribution is -1.93. The lowest BCUT2D eigenvalue weighted by molar-refractivity contribution is 0.366. The first-order chi connectivity index (χ1) is 3.97. The standard InChI is InChI=1S/C4H3N3O/c1-2-8-4-3(1)5-7-6-4/h1H,2H2. The minimum Gasteiger partial charge on any atom is -0.471 e. The summed E-state index contributed by atoms with van der Waals surface area (Å²) in [5.41, 5.74) is 0.769. The normalized spacial score (nSPS) is 22.0. The van der Waals surface area contributed by atoms with Gasteiger partial charge in [0, 0.05) is 0 Å². The van der Waals surface area contributed by atoms with Crippen molar-refractivity contribution in [3.05, 3.63) is 11.8 Å². The molecule has 4 nitrogen and oxygen atoms in total. The molecule has 2 aliphatic heterocycles. The third kappa shape index (κ3) is 0.318. The van der Waals surface area contributed by atoms with Crippen molar-refractivity contribution < 1.29 is 4.74 Å². The second-order valence-electron chi connectivity index (χ2n) is 1.49. The van der Waals surface area contributed by atoms with Crippen LogP contribution in [0.15, 0.2) is 27.2 Å². The predicted molar refractivity (Wildman–Crippen MR) is 26.3 cm³/mol. The molecule has 0 spiro atoms. The Bertz CT molecular complexity index is 203. The molecule has 0 saturated heterocycles. The molecule has 0 saturated carbocycles. The molecule has 2 aliphatic rings. The summed E-state index contributed by atoms with van der Waals surface area (Å²) >= 11 is 0. The van der Waals surface area contributed by atoms with Gasteiger partial charge in [-0.25, -0.2) is 0 Å². The molecule has 40 valence electrons. The molecule has 0 aromatic carbocycles. The maximum atomic E-state index is 4.95. The van der Waals surface area contributed by atoms with Crippen LogP contribution in [0.5, 0.6) is 0 Å². The summed E-state index contributed by atoms with van der Waals surface area (Å²) < 4.78 is 4.95. The van der Waals surface area contributed by atoms with E-state index in [0.717, 1.165) is 5.70 Å². The number of hydrogen-bond donors (Lipinski definition) is 0. The van der Waals surface area contributed by atoms with E-state index in [9.17, 15) is 0 Å². The van der Waals surface area contributed by atoms with Gasteiger partial charge in [0.05, 0.1) is 0 Å². The van der Waals surface area contributed by atoms with Crippen LogP contribution in [0.4, 0.5) is 0 Å². The van der Waals surface area contributed by atoms with Crippen LogP contribution in [0.2, 0.25) is 0 Å². The summed E-state index contributed by atoms with van der Waals surface area (Å²) in [6.07, 6.45) is 1.84. The van der Waals surface area contributed by atoms with Crippen molar-refractivity contribution in [1.29, 1.82) is 0 Å². The summed E-state index contributed by atoms with van der Waals surface area (Å²) in [5, 5.41) is 10.6. The molecule has 0 amide bonds. The van der Waals surface area contributed by atoms with Gasteiger partial charge in [-0.1, -0.05) is 5.10 Å². The second-order valence-corrected chi connectivity index (χ2v) is 1.49. The number of rotatable bonds is 0. The van der Waals surface area contributed by atoms with E-state index in [4.69, 9.17) is 4.74 Å². The van der Waals surface area contributed by atoms with E-state index in [-0.39, 0.29) is 0 Å². The van der Waals surface area contributed by atoms with Gasteiger partial charge in [-0.2, -0.15) is 0 Å². The molecule has 2 heterocycles. The first-order valence-electron chi connectivity index (χ1n) is 2.29. The fourth-order valence-electron chi connectivity index (χ4n) is 0.636. The quantitative estimate of drug-likeness (QED) is 0.451. The van der Waals surface area contributed by atoms with Crippen molar-refractivity contribution in [2.45, 2.75) is 0 Å². The Balaban J connectivity index is 2.49. The predicted octanol–water partition coefficient (Wildman–Crippen LogP) is 0.680. The number of nitrogens with zero attached hydrogens (tertiary/aromatic N) is 3. The second kappa shape index (κ2) is 1.15. The Kier molecular flexibility index (Phi) is 0.542. The Morgan fingerprint density at radius 2 is 2.62 bits per heavy atom. The van der Waals surface area contributed by atoms with Crippen LogP contribution in [0.1, 0.15) is 0 Å². The fourth-order valence-corrected chi connectivity index (χ4v) is 0.636. The van der Waals surface area contributed by atoms with E-state index in [1.807, 2.05) is 6.08 Å². The SMILES string of the molecule is C1=C2N=NN=C2OC1. The molecular formula is C4H3N3O. The van der Waals surface area contributed by atoms with E-state index in [1.165, 1.54) is 0 Å². The highest BCUT2D eigenvalue weighted by atomic mass is 16.5. The number of ether oxygens (including phenoxy) is 1. The van der Waals surface area contributed by atoms with E-state index in [1.54, 1.807) is 0 Å². The van der Waals surface area contributed by atoms with Gasteiger partial charge in [0.2, 0.25) is 0 Å². The van der Waals surface area contributed by atoms with Crippen molar-refractivity contribution in [3.8, 4) is 0 Å². The van der Waals surface area contributed by atoms with E-state index in [0.29, 0.717) is 12.5 Å². The minimum absolute atomic E-state index is 0.560. The third-order valence-corrected chi connectivity index (χ3v) is 1.00. The van der Waals surface area contributed by atoms with Gasteiger partial charge in [-0.3, -0.25) is 0 Å². The molecule has 0 bridgehead atoms. The zero-order valence-electron chi connectivity index (χ0n) is 4.03.